The number of esters is 2. The molecule has 0 aromatic heterocycles. The summed E-state index contributed by atoms with van der Waals surface area (Å²) in [6.07, 6.45) is 42.1. The summed E-state index contributed by atoms with van der Waals surface area (Å²) in [5, 5.41) is 19.5. The number of nitrogens with zero attached hydrogens (tertiary/aromatic N) is 1. The molecular weight excluding hydrogens is 856 g/mol. The number of carbonyl (C=O) groups is 3. The molecule has 0 heterocycles. The second kappa shape index (κ2) is 40.0. The van der Waals surface area contributed by atoms with E-state index in [4.69, 9.17) is 29.4 Å². The number of quaternary nitrogens is 1. The number of likely N-dealkylation sites (N-methyl/N-ethyl adjacent to an activating group) is 1. The molecule has 0 aliphatic carbocycles. The van der Waals surface area contributed by atoms with Crippen LogP contribution >= 0.6 is 19.6 Å². The lowest BCUT2D eigenvalue weighted by atomic mass is 10.1. The van der Waals surface area contributed by atoms with Gasteiger partial charge in [0.1, 0.15) is 25.8 Å². The summed E-state index contributed by atoms with van der Waals surface area (Å²) < 4.78 is 33.9. The van der Waals surface area contributed by atoms with Gasteiger partial charge in [0.05, 0.1) is 33.9 Å². The van der Waals surface area contributed by atoms with Gasteiger partial charge in [0, 0.05) is 23.8 Å². The molecule has 64 heavy (non-hydrogen) atoms. The molecule has 0 bridgehead atoms. The van der Waals surface area contributed by atoms with Crippen molar-refractivity contribution in [1.29, 1.82) is 0 Å². The third-order valence-corrected chi connectivity index (χ3v) is 11.5. The van der Waals surface area contributed by atoms with Gasteiger partial charge in [-0.2, -0.15) is 0 Å². The minimum absolute atomic E-state index is 0.00110. The van der Waals surface area contributed by atoms with Crippen LogP contribution in [-0.4, -0.2) is 109 Å². The zero-order chi connectivity index (χ0) is 47.7. The summed E-state index contributed by atoms with van der Waals surface area (Å²) in [7, 11) is 0.824. The molecule has 0 radical (unpaired) electrons. The van der Waals surface area contributed by atoms with E-state index in [0.717, 1.165) is 51.4 Å². The molecule has 0 aliphatic rings. The van der Waals surface area contributed by atoms with E-state index in [1.54, 1.807) is 12.2 Å². The number of carboxylic acids is 1. The quantitative estimate of drug-likeness (QED) is 0.0132. The second-order valence-corrected chi connectivity index (χ2v) is 18.9. The third-order valence-electron chi connectivity index (χ3n) is 9.09. The van der Waals surface area contributed by atoms with Crippen molar-refractivity contribution < 1.29 is 57.1 Å². The maximum absolute atomic E-state index is 13.2. The number of hydrogen-bond acceptors (Lipinski definition) is 12. The minimum atomic E-state index is -4.80. The van der Waals surface area contributed by atoms with E-state index >= 15 is 0 Å². The van der Waals surface area contributed by atoms with E-state index in [-0.39, 0.29) is 38.0 Å². The number of carboxylic acid groups (broad SMARTS) is 1. The van der Waals surface area contributed by atoms with Crippen molar-refractivity contribution in [2.45, 2.75) is 140 Å². The zero-order valence-electron chi connectivity index (χ0n) is 39.3. The molecule has 15 heteroatoms. The van der Waals surface area contributed by atoms with Gasteiger partial charge < -0.3 is 43.8 Å². The van der Waals surface area contributed by atoms with Crippen molar-refractivity contribution >= 4 is 37.5 Å². The van der Waals surface area contributed by atoms with E-state index in [1.807, 2.05) is 45.4 Å². The van der Waals surface area contributed by atoms with E-state index < -0.39 is 62.4 Å². The number of hydrogen-bond donors (Lipinski definition) is 3. The number of ether oxygens (including phenoxy) is 2. The molecule has 364 valence electrons. The van der Waals surface area contributed by atoms with Crippen LogP contribution < -0.4 is 10.6 Å². The topological polar surface area (TPSA) is 195 Å². The van der Waals surface area contributed by atoms with Gasteiger partial charge in [0.2, 0.25) is 0 Å². The van der Waals surface area contributed by atoms with Gasteiger partial charge in [-0.15, -0.1) is 11.8 Å². The molecule has 0 rings (SSSR count). The molecule has 13 nitrogen and oxygen atoms in total. The average Bonchev–Trinajstić information content (AvgIpc) is 3.23. The number of nitrogens with two attached hydrogens (primary N) is 1. The van der Waals surface area contributed by atoms with Gasteiger partial charge >= 0.3 is 17.9 Å². The van der Waals surface area contributed by atoms with Crippen molar-refractivity contribution in [1.82, 2.24) is 0 Å². The van der Waals surface area contributed by atoms with Crippen LogP contribution in [0.25, 0.3) is 0 Å². The number of carbonyl (C=O) groups excluding carboxylic acids is 2. The number of aliphatic hydroxyl groups excluding tert-OH is 1. The third kappa shape index (κ3) is 40.2. The monoisotopic (exact) mass is 937 g/mol. The first-order chi connectivity index (χ1) is 30.6. The van der Waals surface area contributed by atoms with E-state index in [1.165, 1.54) is 31.0 Å². The summed E-state index contributed by atoms with van der Waals surface area (Å²) in [5.41, 5.74) is 6.22. The molecule has 0 saturated carbocycles. The lowest BCUT2D eigenvalue weighted by molar-refractivity contribution is -0.870. The van der Waals surface area contributed by atoms with Crippen molar-refractivity contribution in [2.24, 2.45) is 5.73 Å². The summed E-state index contributed by atoms with van der Waals surface area (Å²) in [6.45, 7) is 3.41. The fourth-order valence-corrected chi connectivity index (χ4v) is 7.22. The Morgan fingerprint density at radius 1 is 0.750 bits per heavy atom. The van der Waals surface area contributed by atoms with Crippen molar-refractivity contribution in [3.8, 4) is 0 Å². The van der Waals surface area contributed by atoms with Crippen molar-refractivity contribution in [3.63, 3.8) is 0 Å². The number of unbranched alkanes of at least 4 members (excludes halogenated alkanes) is 5. The Kier molecular flexibility index (Phi) is 37.9. The van der Waals surface area contributed by atoms with Crippen LogP contribution in [0, 0.1) is 0 Å². The summed E-state index contributed by atoms with van der Waals surface area (Å²) in [4.78, 5) is 49.5. The smallest absolute Gasteiger partial charge is 0.324 e. The first kappa shape index (κ1) is 60.7. The standard InChI is InChI=1S/C49H81N2O11PS/c1-6-8-10-12-14-16-18-20-21-22-24-26-28-30-32-37-48(55)59-40-43(41-61-63(57,58)60-39-38-51(3,4)5)62-49(56)44(50)42-64-46(45(52)34-33-36-47(53)54)35-31-29-27-25-23-19-17-15-13-11-9-7-2/h8,10,14-17,20-21,23-27,29,31,35,43-46,52H,6-7,9,11-13,18-19,22,28,30,32-34,36-42,50H2,1-5H3,(H-,53,54,57,58)/b10-8-,16-14-,17-15-,21-20-,25-23-,26-24-,29-27+,35-31+/t43-,44+,45+,46-/m1/s1. The van der Waals surface area contributed by atoms with Gasteiger partial charge in [0.25, 0.3) is 7.82 Å². The van der Waals surface area contributed by atoms with Crippen LogP contribution in [0.4, 0.5) is 0 Å². The van der Waals surface area contributed by atoms with Crippen molar-refractivity contribution in [3.05, 3.63) is 97.2 Å². The highest BCUT2D eigenvalue weighted by atomic mass is 32.2. The van der Waals surface area contributed by atoms with Gasteiger partial charge in [-0.1, -0.05) is 124 Å². The van der Waals surface area contributed by atoms with E-state index in [9.17, 15) is 28.9 Å². The minimum Gasteiger partial charge on any atom is -0.756 e. The number of thioether (sulfide) groups is 1. The second-order valence-electron chi connectivity index (χ2n) is 16.2. The maximum Gasteiger partial charge on any atom is 0.324 e. The molecule has 5 atom stereocenters. The lowest BCUT2D eigenvalue weighted by Gasteiger charge is -2.28. The van der Waals surface area contributed by atoms with Crippen LogP contribution in [0.15, 0.2) is 97.2 Å². The maximum atomic E-state index is 13.2. The molecule has 0 fully saturated rings. The highest BCUT2D eigenvalue weighted by Crippen LogP contribution is 2.38. The number of phosphoric ester groups is 1. The molecule has 0 saturated heterocycles. The molecule has 0 aromatic rings. The average molecular weight is 937 g/mol. The van der Waals surface area contributed by atoms with Crippen LogP contribution in [0.1, 0.15) is 117 Å². The molecule has 1 unspecified atom stereocenters. The Hall–Kier alpha value is -3.33. The first-order valence-electron chi connectivity index (χ1n) is 22.9. The Morgan fingerprint density at radius 2 is 1.34 bits per heavy atom. The Labute approximate surface area is 389 Å². The Morgan fingerprint density at radius 3 is 1.95 bits per heavy atom. The van der Waals surface area contributed by atoms with Gasteiger partial charge in [0.15, 0.2) is 6.10 Å². The predicted octanol–water partition coefficient (Wildman–Crippen LogP) is 9.25. The first-order valence-corrected chi connectivity index (χ1v) is 25.4. The normalized spacial score (nSPS) is 15.8. The van der Waals surface area contributed by atoms with Gasteiger partial charge in [-0.05, 0) is 77.0 Å². The lowest BCUT2D eigenvalue weighted by Crippen LogP contribution is -2.40. The largest absolute Gasteiger partial charge is 0.756 e. The summed E-state index contributed by atoms with van der Waals surface area (Å²) in [6, 6.07) is -1.21. The summed E-state index contributed by atoms with van der Waals surface area (Å²) in [5.74, 6) is -2.40. The number of aliphatic carboxylic acids is 1. The fraction of sp³-hybridized carbons (Fsp3) is 0.612. The highest BCUT2D eigenvalue weighted by Gasteiger charge is 2.26. The highest BCUT2D eigenvalue weighted by molar-refractivity contribution is 8.00. The van der Waals surface area contributed by atoms with Crippen LogP contribution in [0.5, 0.6) is 0 Å². The predicted molar refractivity (Wildman–Crippen MR) is 259 cm³/mol. The zero-order valence-corrected chi connectivity index (χ0v) is 41.1. The number of aliphatic hydroxyl groups is 1. The molecule has 0 aliphatic heterocycles. The van der Waals surface area contributed by atoms with Crippen LogP contribution in [-0.2, 0) is 37.5 Å². The molecule has 0 spiro atoms. The molecule has 0 amide bonds. The van der Waals surface area contributed by atoms with Gasteiger partial charge in [-0.3, -0.25) is 18.9 Å². The van der Waals surface area contributed by atoms with E-state index in [2.05, 4.69) is 74.6 Å². The number of allylic oxidation sites excluding steroid dienone is 15. The number of phosphoric acid groups is 1. The SMILES string of the molecule is CC/C=C\C/C=C\C/C=C\C/C=C\CCCCC(=O)OC[C@H](COP(=O)([O-])OCC[N+](C)(C)C)OC(=O)[C@@H](N)CS[C@H](/C=C/C=C/C=C\C/C=C\CCCCC)[C@@H](O)CCCC(=O)O. The van der Waals surface area contributed by atoms with Crippen LogP contribution in [0.3, 0.4) is 0 Å². The van der Waals surface area contributed by atoms with E-state index in [0.29, 0.717) is 17.4 Å². The Bertz CT molecular complexity index is 1530. The Balaban J connectivity index is 5.37. The number of rotatable bonds is 40. The van der Waals surface area contributed by atoms with Crippen molar-refractivity contribution in [2.75, 3.05) is 53.3 Å². The molecular formula is C49H81N2O11PS. The molecule has 0 aromatic carbocycles. The van der Waals surface area contributed by atoms with Crippen LogP contribution in [0.2, 0.25) is 0 Å². The fourth-order valence-electron chi connectivity index (χ4n) is 5.36. The van der Waals surface area contributed by atoms with Gasteiger partial charge in [-0.25, -0.2) is 0 Å². The molecule has 4 N–H and O–H groups in total. The summed E-state index contributed by atoms with van der Waals surface area (Å²) >= 11 is 1.19.